The molecule has 7 nitrogen and oxygen atoms in total. The zero-order chi connectivity index (χ0) is 19.7. The highest BCUT2D eigenvalue weighted by atomic mass is 35.5. The van der Waals surface area contributed by atoms with Crippen LogP contribution in [0.1, 0.15) is 39.4 Å². The number of amides is 2. The number of hydrogen-bond acceptors (Lipinski definition) is 4. The number of fused-ring (bicyclic) bond motifs is 1. The first kappa shape index (κ1) is 18.9. The van der Waals surface area contributed by atoms with Gasteiger partial charge in [-0.25, -0.2) is 4.39 Å². The molecule has 1 aromatic carbocycles. The van der Waals surface area contributed by atoms with Gasteiger partial charge in [-0.2, -0.15) is 5.10 Å². The van der Waals surface area contributed by atoms with Crippen LogP contribution in [0, 0.1) is 5.82 Å². The lowest BCUT2D eigenvalue weighted by atomic mass is 10.1. The number of carbonyl (C=O) groups is 2. The molecule has 1 saturated heterocycles. The zero-order valence-corrected chi connectivity index (χ0v) is 15.9. The van der Waals surface area contributed by atoms with Crippen molar-refractivity contribution in [1.82, 2.24) is 20.0 Å². The predicted octanol–water partition coefficient (Wildman–Crippen LogP) is 2.24. The summed E-state index contributed by atoms with van der Waals surface area (Å²) in [6.45, 7) is 1.99. The van der Waals surface area contributed by atoms with Crippen LogP contribution in [-0.4, -0.2) is 52.3 Å². The minimum absolute atomic E-state index is 0.0313. The van der Waals surface area contributed by atoms with E-state index in [-0.39, 0.29) is 40.7 Å². The highest BCUT2D eigenvalue weighted by molar-refractivity contribution is 6.31. The Balaban J connectivity index is 1.45. The maximum absolute atomic E-state index is 14.0. The lowest BCUT2D eigenvalue weighted by Gasteiger charge is -2.27. The third-order valence-corrected chi connectivity index (χ3v) is 5.38. The fraction of sp³-hybridized carbons (Fsp3) is 0.421. The van der Waals surface area contributed by atoms with E-state index in [9.17, 15) is 14.0 Å². The van der Waals surface area contributed by atoms with Gasteiger partial charge in [-0.3, -0.25) is 14.3 Å². The Morgan fingerprint density at radius 3 is 3.00 bits per heavy atom. The number of carbonyl (C=O) groups excluding carboxylic acids is 2. The molecule has 28 heavy (non-hydrogen) atoms. The third-order valence-electron chi connectivity index (χ3n) is 5.03. The number of halogens is 2. The Morgan fingerprint density at radius 2 is 2.25 bits per heavy atom. The monoisotopic (exact) mass is 406 g/mol. The van der Waals surface area contributed by atoms with Crippen LogP contribution in [0.5, 0.6) is 0 Å². The number of aromatic nitrogens is 2. The van der Waals surface area contributed by atoms with Gasteiger partial charge < -0.3 is 15.0 Å². The van der Waals surface area contributed by atoms with Crippen LogP contribution in [0.3, 0.4) is 0 Å². The fourth-order valence-electron chi connectivity index (χ4n) is 3.48. The van der Waals surface area contributed by atoms with Crippen molar-refractivity contribution >= 4 is 23.4 Å². The molecule has 0 aliphatic carbocycles. The molecule has 0 radical (unpaired) electrons. The van der Waals surface area contributed by atoms with Gasteiger partial charge in [-0.05, 0) is 25.0 Å². The summed E-state index contributed by atoms with van der Waals surface area (Å²) in [4.78, 5) is 26.7. The molecule has 2 aromatic rings. The molecule has 3 heterocycles. The van der Waals surface area contributed by atoms with Crippen LogP contribution in [0.25, 0.3) is 0 Å². The van der Waals surface area contributed by atoms with E-state index in [1.807, 2.05) is 0 Å². The quantitative estimate of drug-likeness (QED) is 0.826. The van der Waals surface area contributed by atoms with Gasteiger partial charge in [0.1, 0.15) is 11.5 Å². The first-order valence-electron chi connectivity index (χ1n) is 9.23. The van der Waals surface area contributed by atoms with E-state index in [1.54, 1.807) is 6.07 Å². The van der Waals surface area contributed by atoms with Gasteiger partial charge in [0.05, 0.1) is 19.2 Å². The molecular formula is C19H20ClFN4O3. The van der Waals surface area contributed by atoms with Crippen molar-refractivity contribution < 1.29 is 18.7 Å². The van der Waals surface area contributed by atoms with Gasteiger partial charge >= 0.3 is 0 Å². The predicted molar refractivity (Wildman–Crippen MR) is 99.7 cm³/mol. The smallest absolute Gasteiger partial charge is 0.272 e. The largest absolute Gasteiger partial charge is 0.376 e. The van der Waals surface area contributed by atoms with Gasteiger partial charge in [0.2, 0.25) is 0 Å². The number of hydrogen-bond donors (Lipinski definition) is 1. The summed E-state index contributed by atoms with van der Waals surface area (Å²) in [5.74, 6) is -1.10. The lowest BCUT2D eigenvalue weighted by molar-refractivity contribution is 0.0681. The van der Waals surface area contributed by atoms with Crippen LogP contribution in [0.2, 0.25) is 5.02 Å². The van der Waals surface area contributed by atoms with Crippen molar-refractivity contribution in [1.29, 1.82) is 0 Å². The second-order valence-electron chi connectivity index (χ2n) is 6.91. The highest BCUT2D eigenvalue weighted by Crippen LogP contribution is 2.23. The first-order chi connectivity index (χ1) is 13.5. The first-order valence-corrected chi connectivity index (χ1v) is 9.60. The average molecular weight is 407 g/mol. The molecular weight excluding hydrogens is 387 g/mol. The molecule has 148 valence electrons. The number of benzene rings is 1. The Kier molecular flexibility index (Phi) is 5.32. The molecule has 1 fully saturated rings. The molecule has 0 saturated carbocycles. The molecule has 1 N–H and O–H groups in total. The summed E-state index contributed by atoms with van der Waals surface area (Å²) in [5, 5.41) is 7.32. The standard InChI is InChI=1S/C19H20ClFN4O3/c20-14-4-1-5-15(21)13(14)11-24-6-7-25-17(19(24)27)9-16(23-25)18(26)22-10-12-3-2-8-28-12/h1,4-5,9,12H,2-3,6-8,10-11H2,(H,22,26). The van der Waals surface area contributed by atoms with Gasteiger partial charge in [-0.15, -0.1) is 0 Å². The molecule has 1 atom stereocenters. The van der Waals surface area contributed by atoms with Crippen LogP contribution in [0.15, 0.2) is 24.3 Å². The second kappa shape index (κ2) is 7.89. The summed E-state index contributed by atoms with van der Waals surface area (Å²) in [6.07, 6.45) is 1.95. The Bertz CT molecular complexity index is 890. The van der Waals surface area contributed by atoms with E-state index in [2.05, 4.69) is 10.4 Å². The number of nitrogens with one attached hydrogen (secondary N) is 1. The summed E-state index contributed by atoms with van der Waals surface area (Å²) < 4.78 is 21.0. The topological polar surface area (TPSA) is 76.5 Å². The average Bonchev–Trinajstić information content (AvgIpc) is 3.34. The highest BCUT2D eigenvalue weighted by Gasteiger charge is 2.29. The number of ether oxygens (including phenoxy) is 1. The molecule has 1 unspecified atom stereocenters. The fourth-order valence-corrected chi connectivity index (χ4v) is 3.70. The van der Waals surface area contributed by atoms with Crippen LogP contribution >= 0.6 is 11.6 Å². The Labute approximate surface area is 166 Å². The van der Waals surface area contributed by atoms with E-state index >= 15 is 0 Å². The molecule has 2 aliphatic heterocycles. The maximum atomic E-state index is 14.0. The normalized spacial score (nSPS) is 19.0. The van der Waals surface area contributed by atoms with Gasteiger partial charge in [0.15, 0.2) is 5.69 Å². The van der Waals surface area contributed by atoms with E-state index in [0.717, 1.165) is 19.4 Å². The summed E-state index contributed by atoms with van der Waals surface area (Å²) >= 11 is 6.07. The SMILES string of the molecule is O=C(NCC1CCCO1)c1cc2n(n1)CCN(Cc1c(F)cccc1Cl)C2=O. The summed E-state index contributed by atoms with van der Waals surface area (Å²) in [5.41, 5.74) is 0.771. The van der Waals surface area contributed by atoms with Crippen molar-refractivity contribution in [2.45, 2.75) is 32.0 Å². The van der Waals surface area contributed by atoms with Crippen LogP contribution in [-0.2, 0) is 17.8 Å². The Hall–Kier alpha value is -2.45. The van der Waals surface area contributed by atoms with E-state index in [1.165, 1.54) is 27.8 Å². The molecule has 2 aliphatic rings. The van der Waals surface area contributed by atoms with Crippen molar-refractivity contribution in [3.63, 3.8) is 0 Å². The van der Waals surface area contributed by atoms with Crippen molar-refractivity contribution in [2.24, 2.45) is 0 Å². The lowest BCUT2D eigenvalue weighted by Crippen LogP contribution is -2.40. The van der Waals surface area contributed by atoms with Crippen LogP contribution < -0.4 is 5.32 Å². The van der Waals surface area contributed by atoms with E-state index in [4.69, 9.17) is 16.3 Å². The molecule has 1 aromatic heterocycles. The van der Waals surface area contributed by atoms with E-state index < -0.39 is 5.82 Å². The number of rotatable bonds is 5. The molecule has 0 bridgehead atoms. The van der Waals surface area contributed by atoms with Crippen LogP contribution in [0.4, 0.5) is 4.39 Å². The molecule has 9 heteroatoms. The zero-order valence-electron chi connectivity index (χ0n) is 15.2. The minimum Gasteiger partial charge on any atom is -0.376 e. The van der Waals surface area contributed by atoms with Gasteiger partial charge in [0.25, 0.3) is 11.8 Å². The number of nitrogens with zero attached hydrogens (tertiary/aromatic N) is 3. The van der Waals surface area contributed by atoms with Gasteiger partial charge in [0, 0.05) is 36.3 Å². The molecule has 0 spiro atoms. The summed E-state index contributed by atoms with van der Waals surface area (Å²) in [7, 11) is 0. The minimum atomic E-state index is -0.450. The van der Waals surface area contributed by atoms with Crippen molar-refractivity contribution in [3.8, 4) is 0 Å². The van der Waals surface area contributed by atoms with Gasteiger partial charge in [-0.1, -0.05) is 17.7 Å². The van der Waals surface area contributed by atoms with E-state index in [0.29, 0.717) is 25.3 Å². The van der Waals surface area contributed by atoms with Crippen molar-refractivity contribution in [2.75, 3.05) is 19.7 Å². The Morgan fingerprint density at radius 1 is 1.39 bits per heavy atom. The van der Waals surface area contributed by atoms with Crippen molar-refractivity contribution in [3.05, 3.63) is 52.1 Å². The third kappa shape index (κ3) is 3.74. The maximum Gasteiger partial charge on any atom is 0.272 e. The second-order valence-corrected chi connectivity index (χ2v) is 7.32. The summed E-state index contributed by atoms with van der Waals surface area (Å²) in [6, 6.07) is 5.91. The molecule has 2 amide bonds. The molecule has 4 rings (SSSR count).